The highest BCUT2D eigenvalue weighted by molar-refractivity contribution is 7.22. The van der Waals surface area contributed by atoms with Gasteiger partial charge in [-0.15, -0.1) is 0 Å². The first-order chi connectivity index (χ1) is 9.99. The predicted molar refractivity (Wildman–Crippen MR) is 79.4 cm³/mol. The monoisotopic (exact) mass is 309 g/mol. The summed E-state index contributed by atoms with van der Waals surface area (Å²) in [5.74, 6) is -1.27. The Hall–Kier alpha value is -2.19. The molecule has 1 amide bonds. The van der Waals surface area contributed by atoms with Gasteiger partial charge in [0.15, 0.2) is 5.13 Å². The Kier molecular flexibility index (Phi) is 4.71. The second-order valence-corrected chi connectivity index (χ2v) is 5.46. The van der Waals surface area contributed by atoms with Gasteiger partial charge >= 0.3 is 5.97 Å². The fourth-order valence-corrected chi connectivity index (χ4v) is 2.60. The fourth-order valence-electron chi connectivity index (χ4n) is 1.83. The lowest BCUT2D eigenvalue weighted by Crippen LogP contribution is -2.34. The quantitative estimate of drug-likeness (QED) is 0.736. The summed E-state index contributed by atoms with van der Waals surface area (Å²) in [5.41, 5.74) is 6.83. The van der Waals surface area contributed by atoms with Gasteiger partial charge in [0.1, 0.15) is 0 Å². The number of nitrogen functional groups attached to an aromatic ring is 1. The van der Waals surface area contributed by atoms with E-state index in [0.717, 1.165) is 10.2 Å². The van der Waals surface area contributed by atoms with Crippen LogP contribution in [0.4, 0.5) is 5.13 Å². The molecule has 1 unspecified atom stereocenters. The molecule has 0 aliphatic heterocycles. The number of carbonyl (C=O) groups excluding carboxylic acids is 1. The van der Waals surface area contributed by atoms with E-state index >= 15 is 0 Å². The number of aromatic nitrogens is 1. The number of methoxy groups -OCH3 is 1. The van der Waals surface area contributed by atoms with Gasteiger partial charge in [-0.25, -0.2) is 4.98 Å². The molecule has 0 aliphatic carbocycles. The van der Waals surface area contributed by atoms with Crippen molar-refractivity contribution in [3.05, 3.63) is 23.8 Å². The first-order valence-corrected chi connectivity index (χ1v) is 7.00. The number of carbonyl (C=O) groups is 2. The van der Waals surface area contributed by atoms with Crippen LogP contribution in [0.25, 0.3) is 10.2 Å². The van der Waals surface area contributed by atoms with Crippen LogP contribution in [0.5, 0.6) is 0 Å². The van der Waals surface area contributed by atoms with Crippen molar-refractivity contribution in [2.75, 3.05) is 19.4 Å². The number of rotatable bonds is 6. The van der Waals surface area contributed by atoms with Crippen LogP contribution in [0, 0.1) is 0 Å². The summed E-state index contributed by atoms with van der Waals surface area (Å²) < 4.78 is 5.83. The Morgan fingerprint density at radius 2 is 2.29 bits per heavy atom. The first kappa shape index (κ1) is 15.2. The molecular weight excluding hydrogens is 294 g/mol. The third-order valence-corrected chi connectivity index (χ3v) is 3.74. The SMILES string of the molecule is COC(CNC(=O)c1ccc2nc(N)sc2c1)CC(=O)O. The molecule has 0 aliphatic rings. The number of aliphatic carboxylic acids is 1. The Balaban J connectivity index is 2.02. The molecule has 112 valence electrons. The lowest BCUT2D eigenvalue weighted by molar-refractivity contribution is -0.139. The average Bonchev–Trinajstić information content (AvgIpc) is 2.81. The van der Waals surface area contributed by atoms with Crippen LogP contribution in [0.3, 0.4) is 0 Å². The number of thiazole rings is 1. The van der Waals surface area contributed by atoms with Gasteiger partial charge in [0.2, 0.25) is 0 Å². The number of hydrogen-bond acceptors (Lipinski definition) is 6. The highest BCUT2D eigenvalue weighted by Crippen LogP contribution is 2.24. The number of carboxylic acid groups (broad SMARTS) is 1. The van der Waals surface area contributed by atoms with Crippen LogP contribution in [0.2, 0.25) is 0 Å². The number of nitrogens with zero attached hydrogens (tertiary/aromatic N) is 1. The van der Waals surface area contributed by atoms with Crippen LogP contribution >= 0.6 is 11.3 Å². The normalized spacial score (nSPS) is 12.2. The van der Waals surface area contributed by atoms with Crippen molar-refractivity contribution in [3.63, 3.8) is 0 Å². The lowest BCUT2D eigenvalue weighted by Gasteiger charge is -2.13. The van der Waals surface area contributed by atoms with Crippen molar-refractivity contribution in [1.82, 2.24) is 10.3 Å². The molecule has 8 heteroatoms. The summed E-state index contributed by atoms with van der Waals surface area (Å²) in [7, 11) is 1.41. The Morgan fingerprint density at radius 1 is 1.52 bits per heavy atom. The number of nitrogens with one attached hydrogen (secondary N) is 1. The second kappa shape index (κ2) is 6.51. The molecule has 7 nitrogen and oxygen atoms in total. The number of carboxylic acids is 1. The molecule has 2 aromatic rings. The average molecular weight is 309 g/mol. The van der Waals surface area contributed by atoms with Crippen LogP contribution in [-0.4, -0.2) is 41.7 Å². The first-order valence-electron chi connectivity index (χ1n) is 6.18. The Bertz CT molecular complexity index is 670. The maximum Gasteiger partial charge on any atom is 0.306 e. The van der Waals surface area contributed by atoms with E-state index in [1.54, 1.807) is 18.2 Å². The van der Waals surface area contributed by atoms with E-state index in [1.807, 2.05) is 0 Å². The summed E-state index contributed by atoms with van der Waals surface area (Å²) in [5, 5.41) is 11.8. The zero-order valence-electron chi connectivity index (χ0n) is 11.3. The molecule has 0 saturated heterocycles. The van der Waals surface area contributed by atoms with Crippen molar-refractivity contribution in [3.8, 4) is 0 Å². The molecular formula is C13H15N3O4S. The van der Waals surface area contributed by atoms with Crippen LogP contribution in [0.1, 0.15) is 16.8 Å². The topological polar surface area (TPSA) is 115 Å². The molecule has 2 rings (SSSR count). The van der Waals surface area contributed by atoms with Gasteiger partial charge in [-0.2, -0.15) is 0 Å². The van der Waals surface area contributed by atoms with E-state index in [4.69, 9.17) is 15.6 Å². The lowest BCUT2D eigenvalue weighted by atomic mass is 10.2. The van der Waals surface area contributed by atoms with Gasteiger partial charge in [-0.1, -0.05) is 11.3 Å². The van der Waals surface area contributed by atoms with Gasteiger partial charge in [-0.05, 0) is 18.2 Å². The van der Waals surface area contributed by atoms with E-state index < -0.39 is 12.1 Å². The van der Waals surface area contributed by atoms with Crippen molar-refractivity contribution in [1.29, 1.82) is 0 Å². The summed E-state index contributed by atoms with van der Waals surface area (Å²) >= 11 is 1.31. The van der Waals surface area contributed by atoms with E-state index in [1.165, 1.54) is 18.4 Å². The molecule has 0 spiro atoms. The van der Waals surface area contributed by atoms with Crippen molar-refractivity contribution in [2.45, 2.75) is 12.5 Å². The van der Waals surface area contributed by atoms with Crippen molar-refractivity contribution in [2.24, 2.45) is 0 Å². The number of amides is 1. The molecule has 21 heavy (non-hydrogen) atoms. The summed E-state index contributed by atoms with van der Waals surface area (Å²) in [6, 6.07) is 5.08. The molecule has 1 aromatic heterocycles. The highest BCUT2D eigenvalue weighted by Gasteiger charge is 2.15. The van der Waals surface area contributed by atoms with E-state index in [0.29, 0.717) is 10.7 Å². The van der Waals surface area contributed by atoms with Gasteiger partial charge in [0.25, 0.3) is 5.91 Å². The van der Waals surface area contributed by atoms with Gasteiger partial charge in [-0.3, -0.25) is 9.59 Å². The van der Waals surface area contributed by atoms with Gasteiger partial charge in [0, 0.05) is 19.2 Å². The van der Waals surface area contributed by atoms with E-state index in [2.05, 4.69) is 10.3 Å². The Labute approximate surface area is 124 Å². The van der Waals surface area contributed by atoms with E-state index in [-0.39, 0.29) is 18.9 Å². The van der Waals surface area contributed by atoms with Crippen LogP contribution < -0.4 is 11.1 Å². The number of ether oxygens (including phenoxy) is 1. The molecule has 1 heterocycles. The third-order valence-electron chi connectivity index (χ3n) is 2.89. The summed E-state index contributed by atoms with van der Waals surface area (Å²) in [4.78, 5) is 26.8. The summed E-state index contributed by atoms with van der Waals surface area (Å²) in [6.07, 6.45) is -0.726. The van der Waals surface area contributed by atoms with Crippen LogP contribution in [-0.2, 0) is 9.53 Å². The fraction of sp³-hybridized carbons (Fsp3) is 0.308. The van der Waals surface area contributed by atoms with Crippen molar-refractivity contribution < 1.29 is 19.4 Å². The maximum atomic E-state index is 12.0. The number of fused-ring (bicyclic) bond motifs is 1. The van der Waals surface area contributed by atoms with Gasteiger partial charge < -0.3 is 20.9 Å². The number of benzene rings is 1. The minimum absolute atomic E-state index is 0.129. The Morgan fingerprint density at radius 3 is 2.95 bits per heavy atom. The predicted octanol–water partition coefficient (Wildman–Crippen LogP) is 1.10. The molecule has 0 saturated carbocycles. The number of nitrogens with two attached hydrogens (primary N) is 1. The smallest absolute Gasteiger partial charge is 0.306 e. The number of anilines is 1. The zero-order chi connectivity index (χ0) is 15.4. The molecule has 0 radical (unpaired) electrons. The molecule has 0 fully saturated rings. The second-order valence-electron chi connectivity index (χ2n) is 4.40. The van der Waals surface area contributed by atoms with Crippen LogP contribution in [0.15, 0.2) is 18.2 Å². The van der Waals surface area contributed by atoms with Crippen molar-refractivity contribution >= 4 is 38.6 Å². The molecule has 0 bridgehead atoms. The molecule has 4 N–H and O–H groups in total. The largest absolute Gasteiger partial charge is 0.481 e. The minimum atomic E-state index is -0.974. The maximum absolute atomic E-state index is 12.0. The third kappa shape index (κ3) is 3.89. The summed E-state index contributed by atoms with van der Waals surface area (Å²) in [6.45, 7) is 0.129. The zero-order valence-corrected chi connectivity index (χ0v) is 12.1. The number of hydrogen-bond donors (Lipinski definition) is 3. The minimum Gasteiger partial charge on any atom is -0.481 e. The molecule has 1 atom stereocenters. The standard InChI is InChI=1S/C13H15N3O4S/c1-20-8(5-11(17)18)6-15-12(19)7-2-3-9-10(4-7)21-13(14)16-9/h2-4,8H,5-6H2,1H3,(H2,14,16)(H,15,19)(H,17,18). The van der Waals surface area contributed by atoms with E-state index in [9.17, 15) is 9.59 Å². The highest BCUT2D eigenvalue weighted by atomic mass is 32.1. The van der Waals surface area contributed by atoms with Gasteiger partial charge in [0.05, 0.1) is 22.7 Å². The molecule has 1 aromatic carbocycles.